The lowest BCUT2D eigenvalue weighted by atomic mass is 9.82. The minimum Gasteiger partial charge on any atom is -0.356 e. The highest BCUT2D eigenvalue weighted by molar-refractivity contribution is 5.44. The van der Waals surface area contributed by atoms with Gasteiger partial charge in [0.1, 0.15) is 5.82 Å². The van der Waals surface area contributed by atoms with E-state index in [0.717, 1.165) is 26.1 Å². The zero-order valence-electron chi connectivity index (χ0n) is 14.2. The van der Waals surface area contributed by atoms with Gasteiger partial charge in [-0.25, -0.2) is 4.98 Å². The van der Waals surface area contributed by atoms with Gasteiger partial charge in [0.15, 0.2) is 0 Å². The maximum absolute atomic E-state index is 4.87. The Hall–Kier alpha value is -1.09. The van der Waals surface area contributed by atoms with E-state index < -0.39 is 0 Å². The van der Waals surface area contributed by atoms with Crippen molar-refractivity contribution < 1.29 is 0 Å². The van der Waals surface area contributed by atoms with Crippen molar-refractivity contribution in [1.82, 2.24) is 10.3 Å². The predicted octanol–water partition coefficient (Wildman–Crippen LogP) is 3.77. The van der Waals surface area contributed by atoms with Crippen molar-refractivity contribution in [3.05, 3.63) is 23.4 Å². The third-order valence-electron chi connectivity index (χ3n) is 5.13. The van der Waals surface area contributed by atoms with Gasteiger partial charge in [-0.3, -0.25) is 0 Å². The number of hydrogen-bond acceptors (Lipinski definition) is 3. The largest absolute Gasteiger partial charge is 0.356 e. The summed E-state index contributed by atoms with van der Waals surface area (Å²) in [5.74, 6) is 1.19. The lowest BCUT2D eigenvalue weighted by Crippen LogP contribution is -2.27. The van der Waals surface area contributed by atoms with Crippen LogP contribution in [0.4, 0.5) is 5.82 Å². The van der Waals surface area contributed by atoms with Gasteiger partial charge in [0.05, 0.1) is 0 Å². The molecule has 1 fully saturated rings. The number of aryl methyl sites for hydroxylation is 1. The Morgan fingerprint density at radius 2 is 1.95 bits per heavy atom. The van der Waals surface area contributed by atoms with Crippen LogP contribution in [0, 0.1) is 5.41 Å². The summed E-state index contributed by atoms with van der Waals surface area (Å²) in [4.78, 5) is 7.38. The predicted molar refractivity (Wildman–Crippen MR) is 90.8 cm³/mol. The molecule has 1 aromatic rings. The Morgan fingerprint density at radius 1 is 1.19 bits per heavy atom. The van der Waals surface area contributed by atoms with E-state index in [1.54, 1.807) is 0 Å². The van der Waals surface area contributed by atoms with Crippen molar-refractivity contribution in [2.75, 3.05) is 24.5 Å². The highest BCUT2D eigenvalue weighted by Crippen LogP contribution is 2.38. The van der Waals surface area contributed by atoms with E-state index in [0.29, 0.717) is 5.41 Å². The van der Waals surface area contributed by atoms with Crippen LogP contribution in [0.25, 0.3) is 0 Å². The van der Waals surface area contributed by atoms with Crippen molar-refractivity contribution >= 4 is 5.82 Å². The lowest BCUT2D eigenvalue weighted by Gasteiger charge is -2.27. The summed E-state index contributed by atoms with van der Waals surface area (Å²) in [6.45, 7) is 13.3. The van der Waals surface area contributed by atoms with Gasteiger partial charge in [-0.05, 0) is 55.3 Å². The molecule has 1 N–H and O–H groups in total. The zero-order valence-corrected chi connectivity index (χ0v) is 14.2. The second kappa shape index (κ2) is 7.26. The van der Waals surface area contributed by atoms with Crippen LogP contribution in [0.15, 0.2) is 12.1 Å². The summed E-state index contributed by atoms with van der Waals surface area (Å²) in [6, 6.07) is 4.53. The number of anilines is 1. The summed E-state index contributed by atoms with van der Waals surface area (Å²) in [6.07, 6.45) is 4.86. The maximum atomic E-state index is 4.87. The smallest absolute Gasteiger partial charge is 0.129 e. The van der Waals surface area contributed by atoms with Crippen LogP contribution in [0.3, 0.4) is 0 Å². The molecule has 3 nitrogen and oxygen atoms in total. The van der Waals surface area contributed by atoms with Crippen LogP contribution in [0.1, 0.15) is 58.2 Å². The number of aromatic nitrogens is 1. The van der Waals surface area contributed by atoms with Crippen molar-refractivity contribution in [2.45, 2.75) is 59.9 Å². The molecule has 0 unspecified atom stereocenters. The zero-order chi connectivity index (χ0) is 15.3. The van der Waals surface area contributed by atoms with Crippen LogP contribution in [0.5, 0.6) is 0 Å². The first-order chi connectivity index (χ1) is 10.2. The molecule has 1 aromatic heterocycles. The van der Waals surface area contributed by atoms with Gasteiger partial charge < -0.3 is 10.2 Å². The monoisotopic (exact) mass is 289 g/mol. The van der Waals surface area contributed by atoms with E-state index in [9.17, 15) is 0 Å². The topological polar surface area (TPSA) is 28.2 Å². The Labute approximate surface area is 130 Å². The van der Waals surface area contributed by atoms with Gasteiger partial charge in [-0.1, -0.05) is 27.7 Å². The molecule has 21 heavy (non-hydrogen) atoms. The van der Waals surface area contributed by atoms with Crippen LogP contribution in [-0.4, -0.2) is 24.6 Å². The fraction of sp³-hybridized carbons (Fsp3) is 0.722. The summed E-state index contributed by atoms with van der Waals surface area (Å²) < 4.78 is 0. The number of nitrogens with one attached hydrogen (secondary N) is 1. The van der Waals surface area contributed by atoms with E-state index in [1.807, 2.05) is 0 Å². The number of pyridine rings is 1. The minimum atomic E-state index is 0.506. The molecule has 2 heterocycles. The molecule has 0 aliphatic carbocycles. The third-order valence-corrected chi connectivity index (χ3v) is 5.13. The number of rotatable bonds is 7. The maximum Gasteiger partial charge on any atom is 0.129 e. The normalized spacial score (nSPS) is 17.4. The molecule has 0 aromatic carbocycles. The van der Waals surface area contributed by atoms with E-state index in [2.05, 4.69) is 50.0 Å². The van der Waals surface area contributed by atoms with Crippen molar-refractivity contribution in [2.24, 2.45) is 5.41 Å². The van der Waals surface area contributed by atoms with E-state index in [4.69, 9.17) is 4.98 Å². The van der Waals surface area contributed by atoms with Gasteiger partial charge in [0, 0.05) is 25.3 Å². The van der Waals surface area contributed by atoms with Gasteiger partial charge in [-0.15, -0.1) is 0 Å². The Kier molecular flexibility index (Phi) is 5.63. The highest BCUT2D eigenvalue weighted by atomic mass is 15.2. The molecule has 0 spiro atoms. The minimum absolute atomic E-state index is 0.506. The Morgan fingerprint density at radius 3 is 2.52 bits per heavy atom. The average molecular weight is 289 g/mol. The van der Waals surface area contributed by atoms with Crippen molar-refractivity contribution in [3.63, 3.8) is 0 Å². The van der Waals surface area contributed by atoms with Crippen LogP contribution < -0.4 is 10.2 Å². The fourth-order valence-electron chi connectivity index (χ4n) is 3.31. The first-order valence-corrected chi connectivity index (χ1v) is 8.61. The lowest BCUT2D eigenvalue weighted by molar-refractivity contribution is 0.301. The van der Waals surface area contributed by atoms with Gasteiger partial charge in [-0.2, -0.15) is 0 Å². The number of hydrogen-bond donors (Lipinski definition) is 1. The molecular weight excluding hydrogens is 258 g/mol. The third kappa shape index (κ3) is 3.76. The second-order valence-electron chi connectivity index (χ2n) is 6.34. The molecule has 0 atom stereocenters. The summed E-state index contributed by atoms with van der Waals surface area (Å²) in [5.41, 5.74) is 3.08. The van der Waals surface area contributed by atoms with Crippen molar-refractivity contribution in [1.29, 1.82) is 0 Å². The summed E-state index contributed by atoms with van der Waals surface area (Å²) >= 11 is 0. The van der Waals surface area contributed by atoms with Crippen molar-refractivity contribution in [3.8, 4) is 0 Å². The first kappa shape index (κ1) is 16.3. The quantitative estimate of drug-likeness (QED) is 0.828. The summed E-state index contributed by atoms with van der Waals surface area (Å²) in [7, 11) is 0. The van der Waals surface area contributed by atoms with Gasteiger partial charge in [0.2, 0.25) is 0 Å². The van der Waals surface area contributed by atoms with Gasteiger partial charge in [0.25, 0.3) is 0 Å². The van der Waals surface area contributed by atoms with E-state index in [1.165, 1.54) is 42.9 Å². The summed E-state index contributed by atoms with van der Waals surface area (Å²) in [5, 5.41) is 3.43. The molecule has 0 bridgehead atoms. The standard InChI is InChI=1S/C18H31N3/c1-5-16-11-15(13-19-8-4)12-17(20-16)21-10-9-18(6-2,7-3)14-21/h11-12,19H,5-10,13-14H2,1-4H3. The molecule has 1 aliphatic heterocycles. The van der Waals surface area contributed by atoms with Crippen LogP contribution >= 0.6 is 0 Å². The van der Waals surface area contributed by atoms with Crippen LogP contribution in [0.2, 0.25) is 0 Å². The highest BCUT2D eigenvalue weighted by Gasteiger charge is 2.35. The molecule has 3 heteroatoms. The molecule has 2 rings (SSSR count). The Bertz CT molecular complexity index is 452. The van der Waals surface area contributed by atoms with Crippen LogP contribution in [-0.2, 0) is 13.0 Å². The Balaban J connectivity index is 2.19. The SMILES string of the molecule is CCNCc1cc(CC)nc(N2CCC(CC)(CC)C2)c1. The van der Waals surface area contributed by atoms with E-state index in [-0.39, 0.29) is 0 Å². The number of nitrogens with zero attached hydrogens (tertiary/aromatic N) is 2. The molecule has 0 radical (unpaired) electrons. The molecule has 1 aliphatic rings. The first-order valence-electron chi connectivity index (χ1n) is 8.61. The second-order valence-corrected chi connectivity index (χ2v) is 6.34. The van der Waals surface area contributed by atoms with Gasteiger partial charge >= 0.3 is 0 Å². The fourth-order valence-corrected chi connectivity index (χ4v) is 3.31. The molecular formula is C18H31N3. The average Bonchev–Trinajstić information content (AvgIpc) is 2.98. The van der Waals surface area contributed by atoms with E-state index >= 15 is 0 Å². The molecule has 0 amide bonds. The molecule has 0 saturated carbocycles. The molecule has 118 valence electrons. The molecule has 1 saturated heterocycles.